The Kier molecular flexibility index (Phi) is 6.41. The normalized spacial score (nSPS) is 13.3. The topological polar surface area (TPSA) is 52.3 Å². The summed E-state index contributed by atoms with van der Waals surface area (Å²) in [4.78, 5) is 11.6. The highest BCUT2D eigenvalue weighted by molar-refractivity contribution is 5.70. The first-order valence-electron chi connectivity index (χ1n) is 7.76. The van der Waals surface area contributed by atoms with Crippen LogP contribution in [0.3, 0.4) is 0 Å². The summed E-state index contributed by atoms with van der Waals surface area (Å²) >= 11 is 0. The lowest BCUT2D eigenvalue weighted by molar-refractivity contribution is -0.145. The molecule has 0 aliphatic rings. The van der Waals surface area contributed by atoms with Gasteiger partial charge >= 0.3 is 5.97 Å². The van der Waals surface area contributed by atoms with Crippen LogP contribution in [0, 0.1) is 5.41 Å². The van der Waals surface area contributed by atoms with Gasteiger partial charge in [-0.2, -0.15) is 0 Å². The third-order valence-electron chi connectivity index (χ3n) is 3.73. The molecule has 1 rings (SSSR count). The second kappa shape index (κ2) is 7.60. The molecular weight excluding hydrogens is 262 g/mol. The summed E-state index contributed by atoms with van der Waals surface area (Å²) in [5, 5.41) is 0. The fraction of sp³-hybridized carbons (Fsp3) is 0.611. The molecule has 0 heterocycles. The van der Waals surface area contributed by atoms with Crippen molar-refractivity contribution in [3.05, 3.63) is 35.4 Å². The zero-order chi connectivity index (χ0) is 16.0. The molecule has 1 aromatic rings. The molecule has 2 N–H and O–H groups in total. The second-order valence-corrected chi connectivity index (χ2v) is 6.78. The third kappa shape index (κ3) is 5.88. The molecule has 0 radical (unpaired) electrons. The van der Waals surface area contributed by atoms with Gasteiger partial charge in [0.15, 0.2) is 0 Å². The van der Waals surface area contributed by atoms with Gasteiger partial charge in [-0.25, -0.2) is 0 Å². The van der Waals surface area contributed by atoms with E-state index in [1.54, 1.807) is 0 Å². The summed E-state index contributed by atoms with van der Waals surface area (Å²) in [5.41, 5.74) is 8.58. The van der Waals surface area contributed by atoms with Crippen molar-refractivity contribution in [3.8, 4) is 0 Å². The Bertz CT molecular complexity index is 449. The Morgan fingerprint density at radius 2 is 1.71 bits per heavy atom. The van der Waals surface area contributed by atoms with Crippen LogP contribution < -0.4 is 5.73 Å². The molecule has 0 aliphatic heterocycles. The van der Waals surface area contributed by atoms with Crippen LogP contribution in [0.1, 0.15) is 70.5 Å². The highest BCUT2D eigenvalue weighted by Crippen LogP contribution is 2.32. The predicted molar refractivity (Wildman–Crippen MR) is 87.1 cm³/mol. The summed E-state index contributed by atoms with van der Waals surface area (Å²) in [6.07, 6.45) is 1.16. The largest absolute Gasteiger partial charge is 0.466 e. The fourth-order valence-electron chi connectivity index (χ4n) is 2.52. The van der Waals surface area contributed by atoms with E-state index in [0.717, 1.165) is 12.0 Å². The fourth-order valence-corrected chi connectivity index (χ4v) is 2.52. The van der Waals surface area contributed by atoms with E-state index in [1.807, 2.05) is 6.92 Å². The van der Waals surface area contributed by atoms with Crippen molar-refractivity contribution in [3.63, 3.8) is 0 Å². The lowest BCUT2D eigenvalue weighted by Gasteiger charge is -2.27. The Morgan fingerprint density at radius 3 is 2.19 bits per heavy atom. The number of rotatable bonds is 7. The quantitative estimate of drug-likeness (QED) is 0.767. The maximum atomic E-state index is 11.6. The van der Waals surface area contributed by atoms with Crippen LogP contribution in [0.2, 0.25) is 0 Å². The van der Waals surface area contributed by atoms with Gasteiger partial charge in [-0.15, -0.1) is 0 Å². The van der Waals surface area contributed by atoms with E-state index >= 15 is 0 Å². The lowest BCUT2D eigenvalue weighted by Crippen LogP contribution is -2.25. The number of hydrogen-bond donors (Lipinski definition) is 1. The maximum absolute atomic E-state index is 11.6. The lowest BCUT2D eigenvalue weighted by atomic mass is 9.81. The average molecular weight is 291 g/mol. The molecule has 3 heteroatoms. The van der Waals surface area contributed by atoms with Crippen LogP contribution in [0.4, 0.5) is 0 Å². The predicted octanol–water partition coefficient (Wildman–Crippen LogP) is 4.18. The van der Waals surface area contributed by atoms with E-state index in [9.17, 15) is 4.79 Å². The van der Waals surface area contributed by atoms with E-state index in [4.69, 9.17) is 10.5 Å². The van der Waals surface area contributed by atoms with Crippen LogP contribution >= 0.6 is 0 Å². The van der Waals surface area contributed by atoms with Crippen LogP contribution in [0.5, 0.6) is 0 Å². The number of carbonyl (C=O) groups excluding carboxylic acids is 1. The molecule has 21 heavy (non-hydrogen) atoms. The standard InChI is InChI=1S/C18H29NO2/c1-6-21-17(20)12-18(4,5)11-16(19)15-9-7-14(8-10-15)13(2)3/h7-10,13,16H,6,11-12,19H2,1-5H3. The van der Waals surface area contributed by atoms with Crippen LogP contribution in [0.15, 0.2) is 24.3 Å². The highest BCUT2D eigenvalue weighted by atomic mass is 16.5. The third-order valence-corrected chi connectivity index (χ3v) is 3.73. The SMILES string of the molecule is CCOC(=O)CC(C)(C)CC(N)c1ccc(C(C)C)cc1. The summed E-state index contributed by atoms with van der Waals surface area (Å²) < 4.78 is 5.03. The molecule has 0 spiro atoms. The van der Waals surface area contributed by atoms with Gasteiger partial charge in [-0.1, -0.05) is 52.0 Å². The monoisotopic (exact) mass is 291 g/mol. The Labute approximate surface area is 128 Å². The van der Waals surface area contributed by atoms with Gasteiger partial charge in [0.1, 0.15) is 0 Å². The van der Waals surface area contributed by atoms with E-state index in [0.29, 0.717) is 18.9 Å². The summed E-state index contributed by atoms with van der Waals surface area (Å²) in [6.45, 7) is 10.7. The van der Waals surface area contributed by atoms with Crippen molar-refractivity contribution in [1.82, 2.24) is 0 Å². The Hall–Kier alpha value is -1.35. The van der Waals surface area contributed by atoms with Crippen molar-refractivity contribution in [2.45, 2.75) is 59.4 Å². The summed E-state index contributed by atoms with van der Waals surface area (Å²) in [5.74, 6) is 0.375. The summed E-state index contributed by atoms with van der Waals surface area (Å²) in [7, 11) is 0. The minimum atomic E-state index is -0.164. The molecule has 0 amide bonds. The molecule has 0 fully saturated rings. The van der Waals surface area contributed by atoms with Crippen molar-refractivity contribution in [2.24, 2.45) is 11.1 Å². The zero-order valence-electron chi connectivity index (χ0n) is 14.0. The van der Waals surface area contributed by atoms with E-state index in [-0.39, 0.29) is 17.4 Å². The smallest absolute Gasteiger partial charge is 0.306 e. The molecule has 1 unspecified atom stereocenters. The molecular formula is C18H29NO2. The highest BCUT2D eigenvalue weighted by Gasteiger charge is 2.26. The minimum Gasteiger partial charge on any atom is -0.466 e. The van der Waals surface area contributed by atoms with Gasteiger partial charge < -0.3 is 10.5 Å². The first-order chi connectivity index (χ1) is 9.75. The second-order valence-electron chi connectivity index (χ2n) is 6.78. The van der Waals surface area contributed by atoms with Crippen molar-refractivity contribution >= 4 is 5.97 Å². The zero-order valence-corrected chi connectivity index (χ0v) is 14.0. The van der Waals surface area contributed by atoms with Crippen molar-refractivity contribution < 1.29 is 9.53 Å². The van der Waals surface area contributed by atoms with Gasteiger partial charge in [-0.05, 0) is 35.8 Å². The van der Waals surface area contributed by atoms with E-state index in [2.05, 4.69) is 52.0 Å². The Balaban J connectivity index is 2.66. The number of carbonyl (C=O) groups is 1. The van der Waals surface area contributed by atoms with Gasteiger partial charge in [0.05, 0.1) is 13.0 Å². The molecule has 118 valence electrons. The first-order valence-corrected chi connectivity index (χ1v) is 7.76. The Morgan fingerprint density at radius 1 is 1.19 bits per heavy atom. The number of nitrogens with two attached hydrogens (primary N) is 1. The average Bonchev–Trinajstić information content (AvgIpc) is 2.37. The van der Waals surface area contributed by atoms with E-state index < -0.39 is 0 Å². The first kappa shape index (κ1) is 17.7. The van der Waals surface area contributed by atoms with Crippen LogP contribution in [0.25, 0.3) is 0 Å². The maximum Gasteiger partial charge on any atom is 0.306 e. The van der Waals surface area contributed by atoms with Crippen molar-refractivity contribution in [1.29, 1.82) is 0 Å². The number of hydrogen-bond acceptors (Lipinski definition) is 3. The van der Waals surface area contributed by atoms with Gasteiger partial charge in [-0.3, -0.25) is 4.79 Å². The number of esters is 1. The molecule has 1 atom stereocenters. The minimum absolute atomic E-state index is 0.0596. The molecule has 0 saturated carbocycles. The van der Waals surface area contributed by atoms with Gasteiger partial charge in [0.25, 0.3) is 0 Å². The van der Waals surface area contributed by atoms with Gasteiger partial charge in [0, 0.05) is 6.04 Å². The molecule has 0 aliphatic carbocycles. The summed E-state index contributed by atoms with van der Waals surface area (Å²) in [6, 6.07) is 8.41. The van der Waals surface area contributed by atoms with Gasteiger partial charge in [0.2, 0.25) is 0 Å². The number of benzene rings is 1. The molecule has 1 aromatic carbocycles. The molecule has 0 bridgehead atoms. The molecule has 0 saturated heterocycles. The molecule has 3 nitrogen and oxygen atoms in total. The van der Waals surface area contributed by atoms with Crippen LogP contribution in [-0.2, 0) is 9.53 Å². The molecule has 0 aromatic heterocycles. The van der Waals surface area contributed by atoms with E-state index in [1.165, 1.54) is 5.56 Å². The van der Waals surface area contributed by atoms with Crippen LogP contribution in [-0.4, -0.2) is 12.6 Å². The number of ether oxygens (including phenoxy) is 1. The van der Waals surface area contributed by atoms with Crippen molar-refractivity contribution in [2.75, 3.05) is 6.61 Å².